The highest BCUT2D eigenvalue weighted by atomic mass is 28.2. The minimum absolute atomic E-state index is 0.337. The standard InChI is InChI=1S/C12H18O2Si/c1-2-4-11(5-3-1)6-9-14-15-10-12-7-8-13-12/h1-5,12H,6-10,15H2. The Balaban J connectivity index is 1.51. The molecule has 0 amide bonds. The van der Waals surface area contributed by atoms with Gasteiger partial charge in [0.1, 0.15) is 0 Å². The van der Waals surface area contributed by atoms with Gasteiger partial charge in [-0.3, -0.25) is 0 Å². The fraction of sp³-hybridized carbons (Fsp3) is 0.500. The Kier molecular flexibility index (Phi) is 4.38. The summed E-state index contributed by atoms with van der Waals surface area (Å²) in [4.78, 5) is 0. The van der Waals surface area contributed by atoms with Gasteiger partial charge in [0.05, 0.1) is 6.10 Å². The highest BCUT2D eigenvalue weighted by Gasteiger charge is 2.17. The van der Waals surface area contributed by atoms with Gasteiger partial charge in [-0.25, -0.2) is 0 Å². The van der Waals surface area contributed by atoms with Crippen LogP contribution in [-0.4, -0.2) is 29.1 Å². The summed E-state index contributed by atoms with van der Waals surface area (Å²) in [6.07, 6.45) is 2.82. The molecule has 1 aliphatic rings. The molecule has 2 rings (SSSR count). The van der Waals surface area contributed by atoms with Crippen molar-refractivity contribution in [3.05, 3.63) is 35.9 Å². The molecular weight excluding hydrogens is 204 g/mol. The molecule has 1 fully saturated rings. The first-order valence-corrected chi connectivity index (χ1v) is 7.26. The molecule has 1 unspecified atom stereocenters. The zero-order valence-corrected chi connectivity index (χ0v) is 10.4. The van der Waals surface area contributed by atoms with Gasteiger partial charge in [0.2, 0.25) is 0 Å². The molecule has 1 atom stereocenters. The Morgan fingerprint density at radius 2 is 2.13 bits per heavy atom. The molecule has 0 N–H and O–H groups in total. The number of benzene rings is 1. The fourth-order valence-electron chi connectivity index (χ4n) is 1.66. The third kappa shape index (κ3) is 3.78. The van der Waals surface area contributed by atoms with Gasteiger partial charge in [0.25, 0.3) is 0 Å². The van der Waals surface area contributed by atoms with Crippen LogP contribution in [0.1, 0.15) is 12.0 Å². The maximum Gasteiger partial charge on any atom is 0.164 e. The van der Waals surface area contributed by atoms with Crippen molar-refractivity contribution in [1.82, 2.24) is 0 Å². The molecule has 15 heavy (non-hydrogen) atoms. The molecule has 3 heteroatoms. The summed E-state index contributed by atoms with van der Waals surface area (Å²) in [7, 11) is -0.337. The number of hydrogen-bond acceptors (Lipinski definition) is 2. The van der Waals surface area contributed by atoms with Crippen LogP contribution in [0.15, 0.2) is 30.3 Å². The predicted molar refractivity (Wildman–Crippen MR) is 63.8 cm³/mol. The number of hydrogen-bond donors (Lipinski definition) is 0. The highest BCUT2D eigenvalue weighted by Crippen LogP contribution is 2.14. The van der Waals surface area contributed by atoms with Crippen LogP contribution >= 0.6 is 0 Å². The molecule has 0 saturated carbocycles. The van der Waals surface area contributed by atoms with Crippen molar-refractivity contribution in [2.24, 2.45) is 0 Å². The van der Waals surface area contributed by atoms with E-state index in [0.29, 0.717) is 6.10 Å². The normalized spacial score (nSPS) is 20.7. The second-order valence-corrected chi connectivity index (χ2v) is 5.31. The lowest BCUT2D eigenvalue weighted by Crippen LogP contribution is -2.28. The van der Waals surface area contributed by atoms with E-state index in [-0.39, 0.29) is 9.76 Å². The molecule has 1 aromatic rings. The van der Waals surface area contributed by atoms with Gasteiger partial charge >= 0.3 is 0 Å². The lowest BCUT2D eigenvalue weighted by atomic mass is 10.2. The van der Waals surface area contributed by atoms with Crippen LogP contribution in [0.3, 0.4) is 0 Å². The van der Waals surface area contributed by atoms with Crippen molar-refractivity contribution in [2.45, 2.75) is 25.0 Å². The summed E-state index contributed by atoms with van der Waals surface area (Å²) in [6.45, 7) is 1.84. The van der Waals surface area contributed by atoms with Gasteiger partial charge in [-0.2, -0.15) is 0 Å². The van der Waals surface area contributed by atoms with E-state index in [9.17, 15) is 0 Å². The first-order chi connectivity index (χ1) is 7.45. The molecule has 1 aromatic carbocycles. The summed E-state index contributed by atoms with van der Waals surface area (Å²) in [5.41, 5.74) is 1.37. The summed E-state index contributed by atoms with van der Waals surface area (Å²) in [5, 5.41) is 0. The van der Waals surface area contributed by atoms with Crippen LogP contribution in [0, 0.1) is 0 Å². The zero-order chi connectivity index (χ0) is 10.3. The SMILES string of the molecule is c1ccc(CCO[SiH2]CC2CCO2)cc1. The van der Waals surface area contributed by atoms with E-state index in [1.807, 2.05) is 6.07 Å². The van der Waals surface area contributed by atoms with Gasteiger partial charge in [-0.1, -0.05) is 30.3 Å². The molecule has 1 saturated heterocycles. The summed E-state index contributed by atoms with van der Waals surface area (Å²) >= 11 is 0. The first-order valence-electron chi connectivity index (χ1n) is 5.68. The minimum Gasteiger partial charge on any atom is -0.424 e. The van der Waals surface area contributed by atoms with Crippen molar-refractivity contribution in [1.29, 1.82) is 0 Å². The molecule has 1 aliphatic heterocycles. The maximum absolute atomic E-state index is 5.70. The Morgan fingerprint density at radius 1 is 1.33 bits per heavy atom. The molecule has 0 radical (unpaired) electrons. The van der Waals surface area contributed by atoms with E-state index in [1.165, 1.54) is 18.0 Å². The lowest BCUT2D eigenvalue weighted by molar-refractivity contribution is -0.0387. The van der Waals surface area contributed by atoms with Crippen LogP contribution in [0.5, 0.6) is 0 Å². The zero-order valence-electron chi connectivity index (χ0n) is 9.02. The third-order valence-corrected chi connectivity index (χ3v) is 4.21. The van der Waals surface area contributed by atoms with Crippen molar-refractivity contribution in [3.8, 4) is 0 Å². The Hall–Kier alpha value is -0.643. The van der Waals surface area contributed by atoms with E-state index < -0.39 is 0 Å². The second-order valence-electron chi connectivity index (χ2n) is 3.92. The summed E-state index contributed by atoms with van der Waals surface area (Å²) < 4.78 is 11.1. The van der Waals surface area contributed by atoms with E-state index in [1.54, 1.807) is 0 Å². The van der Waals surface area contributed by atoms with E-state index in [2.05, 4.69) is 24.3 Å². The van der Waals surface area contributed by atoms with Crippen molar-refractivity contribution in [3.63, 3.8) is 0 Å². The third-order valence-electron chi connectivity index (χ3n) is 2.76. The minimum atomic E-state index is -0.337. The Morgan fingerprint density at radius 3 is 2.80 bits per heavy atom. The fourth-order valence-corrected chi connectivity index (χ4v) is 2.90. The molecule has 0 spiro atoms. The smallest absolute Gasteiger partial charge is 0.164 e. The topological polar surface area (TPSA) is 18.5 Å². The highest BCUT2D eigenvalue weighted by molar-refractivity contribution is 6.27. The molecular formula is C12H18O2Si. The molecule has 0 aromatic heterocycles. The largest absolute Gasteiger partial charge is 0.424 e. The van der Waals surface area contributed by atoms with Crippen molar-refractivity contribution in [2.75, 3.05) is 13.2 Å². The van der Waals surface area contributed by atoms with E-state index >= 15 is 0 Å². The molecule has 2 nitrogen and oxygen atoms in total. The monoisotopic (exact) mass is 222 g/mol. The molecule has 0 aliphatic carbocycles. The van der Waals surface area contributed by atoms with Gasteiger partial charge in [0, 0.05) is 13.2 Å². The van der Waals surface area contributed by atoms with E-state index in [0.717, 1.165) is 19.6 Å². The molecule has 0 bridgehead atoms. The van der Waals surface area contributed by atoms with Crippen LogP contribution in [0.2, 0.25) is 6.04 Å². The Labute approximate surface area is 93.5 Å². The average molecular weight is 222 g/mol. The maximum atomic E-state index is 5.70. The molecule has 1 heterocycles. The van der Waals surface area contributed by atoms with Crippen molar-refractivity contribution < 1.29 is 9.16 Å². The summed E-state index contributed by atoms with van der Waals surface area (Å²) in [6, 6.07) is 11.7. The van der Waals surface area contributed by atoms with Crippen molar-refractivity contribution >= 4 is 9.76 Å². The molecule has 82 valence electrons. The lowest BCUT2D eigenvalue weighted by Gasteiger charge is -2.25. The van der Waals surface area contributed by atoms with Crippen LogP contribution in [0.25, 0.3) is 0 Å². The van der Waals surface area contributed by atoms with Gasteiger partial charge < -0.3 is 9.16 Å². The van der Waals surface area contributed by atoms with E-state index in [4.69, 9.17) is 9.16 Å². The second kappa shape index (κ2) is 6.05. The predicted octanol–water partition coefficient (Wildman–Crippen LogP) is 1.54. The number of rotatable bonds is 6. The van der Waals surface area contributed by atoms with Gasteiger partial charge in [0.15, 0.2) is 9.76 Å². The van der Waals surface area contributed by atoms with Crippen LogP contribution < -0.4 is 0 Å². The summed E-state index contributed by atoms with van der Waals surface area (Å²) in [5.74, 6) is 0. The first kappa shape index (κ1) is 10.9. The van der Waals surface area contributed by atoms with Crippen LogP contribution in [-0.2, 0) is 15.6 Å². The average Bonchev–Trinajstić information content (AvgIpc) is 2.22. The number of ether oxygens (including phenoxy) is 1. The van der Waals surface area contributed by atoms with Gasteiger partial charge in [-0.15, -0.1) is 0 Å². The Bertz CT molecular complexity index is 272. The van der Waals surface area contributed by atoms with Gasteiger partial charge in [-0.05, 0) is 24.4 Å². The quantitative estimate of drug-likeness (QED) is 0.537. The van der Waals surface area contributed by atoms with Crippen LogP contribution in [0.4, 0.5) is 0 Å².